The minimum atomic E-state index is -4.06. The molecule has 0 aliphatic heterocycles. The molecular formula is C31H29ClN4O5S. The fraction of sp³-hybridized carbons (Fsp3) is 0.129. The summed E-state index contributed by atoms with van der Waals surface area (Å²) in [5, 5.41) is 7.18. The maximum atomic E-state index is 13.5. The van der Waals surface area contributed by atoms with Gasteiger partial charge in [-0.3, -0.25) is 13.9 Å². The number of amides is 2. The van der Waals surface area contributed by atoms with Gasteiger partial charge in [-0.15, -0.1) is 0 Å². The molecule has 0 bridgehead atoms. The molecule has 0 radical (unpaired) electrons. The molecule has 0 fully saturated rings. The van der Waals surface area contributed by atoms with Gasteiger partial charge >= 0.3 is 0 Å². The molecular weight excluding hydrogens is 576 g/mol. The molecule has 2 N–H and O–H groups in total. The number of hydrogen-bond donors (Lipinski definition) is 2. The molecule has 0 aromatic heterocycles. The van der Waals surface area contributed by atoms with Gasteiger partial charge in [0.1, 0.15) is 12.3 Å². The van der Waals surface area contributed by atoms with E-state index in [1.54, 1.807) is 67.6 Å². The van der Waals surface area contributed by atoms with E-state index in [-0.39, 0.29) is 17.4 Å². The van der Waals surface area contributed by atoms with Crippen molar-refractivity contribution in [1.82, 2.24) is 5.43 Å². The van der Waals surface area contributed by atoms with Crippen molar-refractivity contribution < 1.29 is 22.7 Å². The van der Waals surface area contributed by atoms with Gasteiger partial charge in [0, 0.05) is 10.7 Å². The zero-order valence-corrected chi connectivity index (χ0v) is 24.5. The Bertz CT molecular complexity index is 1680. The number of hydrogen-bond acceptors (Lipinski definition) is 6. The van der Waals surface area contributed by atoms with Crippen LogP contribution in [-0.4, -0.2) is 39.6 Å². The smallest absolute Gasteiger partial charge is 0.264 e. The summed E-state index contributed by atoms with van der Waals surface area (Å²) in [4.78, 5) is 25.0. The second-order valence-corrected chi connectivity index (χ2v) is 11.6. The van der Waals surface area contributed by atoms with Crippen LogP contribution in [0.3, 0.4) is 0 Å². The first-order valence-corrected chi connectivity index (χ1v) is 14.7. The molecule has 0 heterocycles. The molecule has 11 heteroatoms. The lowest BCUT2D eigenvalue weighted by molar-refractivity contribution is -0.119. The highest BCUT2D eigenvalue weighted by Gasteiger charge is 2.28. The van der Waals surface area contributed by atoms with E-state index < -0.39 is 22.5 Å². The Morgan fingerprint density at radius 1 is 0.905 bits per heavy atom. The van der Waals surface area contributed by atoms with Crippen LogP contribution in [-0.2, 0) is 19.6 Å². The molecule has 42 heavy (non-hydrogen) atoms. The molecule has 0 saturated heterocycles. The van der Waals surface area contributed by atoms with Crippen molar-refractivity contribution >= 4 is 51.0 Å². The van der Waals surface area contributed by atoms with Crippen molar-refractivity contribution in [2.45, 2.75) is 18.7 Å². The first-order valence-electron chi connectivity index (χ1n) is 12.9. The van der Waals surface area contributed by atoms with Crippen LogP contribution in [0.4, 0.5) is 11.4 Å². The summed E-state index contributed by atoms with van der Waals surface area (Å²) < 4.78 is 33.5. The van der Waals surface area contributed by atoms with Crippen LogP contribution >= 0.6 is 11.6 Å². The Morgan fingerprint density at radius 3 is 2.26 bits per heavy atom. The molecule has 216 valence electrons. The SMILES string of the molecule is Cc1ccc(NC(=O)COc2ccc(/C=N\NC(=O)CN(c3ccc(Cl)cc3C)S(=O)(=O)c3ccccc3)cc2)cc1. The summed E-state index contributed by atoms with van der Waals surface area (Å²) in [6.45, 7) is 3.02. The van der Waals surface area contributed by atoms with E-state index in [4.69, 9.17) is 16.3 Å². The molecule has 4 rings (SSSR count). The summed E-state index contributed by atoms with van der Waals surface area (Å²) in [7, 11) is -4.06. The van der Waals surface area contributed by atoms with Gasteiger partial charge in [-0.05, 0) is 91.7 Å². The molecule has 0 aliphatic carbocycles. The van der Waals surface area contributed by atoms with Crippen molar-refractivity contribution in [3.63, 3.8) is 0 Å². The zero-order chi connectivity index (χ0) is 30.1. The number of nitrogens with one attached hydrogen (secondary N) is 2. The van der Waals surface area contributed by atoms with Gasteiger partial charge in [0.2, 0.25) is 0 Å². The number of aryl methyl sites for hydroxylation is 2. The lowest BCUT2D eigenvalue weighted by Crippen LogP contribution is -2.40. The third-order valence-electron chi connectivity index (χ3n) is 6.03. The Kier molecular flexibility index (Phi) is 9.95. The quantitative estimate of drug-likeness (QED) is 0.177. The normalized spacial score (nSPS) is 11.2. The summed E-state index contributed by atoms with van der Waals surface area (Å²) in [5.74, 6) is -0.445. The maximum Gasteiger partial charge on any atom is 0.264 e. The lowest BCUT2D eigenvalue weighted by atomic mass is 10.2. The highest BCUT2D eigenvalue weighted by molar-refractivity contribution is 7.92. The van der Waals surface area contributed by atoms with Crippen molar-refractivity contribution in [2.24, 2.45) is 5.10 Å². The largest absolute Gasteiger partial charge is 0.484 e. The van der Waals surface area contributed by atoms with E-state index in [9.17, 15) is 18.0 Å². The molecule has 0 saturated carbocycles. The van der Waals surface area contributed by atoms with Crippen LogP contribution in [0.25, 0.3) is 0 Å². The van der Waals surface area contributed by atoms with Crippen LogP contribution < -0.4 is 19.8 Å². The van der Waals surface area contributed by atoms with Gasteiger partial charge in [-0.1, -0.05) is 47.5 Å². The fourth-order valence-electron chi connectivity index (χ4n) is 3.90. The fourth-order valence-corrected chi connectivity index (χ4v) is 5.63. The number of halogens is 1. The number of sulfonamides is 1. The number of benzene rings is 4. The molecule has 2 amide bonds. The van der Waals surface area contributed by atoms with Crippen LogP contribution in [0.2, 0.25) is 5.02 Å². The standard InChI is InChI=1S/C31H29ClN4O5S/c1-22-8-13-26(14-9-22)34-31(38)21-41-27-15-10-24(11-16-27)19-33-35-30(37)20-36(29-17-12-25(32)18-23(29)2)42(39,40)28-6-4-3-5-7-28/h3-19H,20-21H2,1-2H3,(H,34,38)(H,35,37)/b33-19-. The second-order valence-electron chi connectivity index (χ2n) is 9.32. The van der Waals surface area contributed by atoms with Crippen LogP contribution in [0.1, 0.15) is 16.7 Å². The predicted octanol–water partition coefficient (Wildman–Crippen LogP) is 5.32. The number of rotatable bonds is 11. The molecule has 0 unspecified atom stereocenters. The van der Waals surface area contributed by atoms with Crippen molar-refractivity contribution in [3.05, 3.63) is 119 Å². The summed E-state index contributed by atoms with van der Waals surface area (Å²) in [5.41, 5.74) is 5.73. The minimum Gasteiger partial charge on any atom is -0.484 e. The molecule has 9 nitrogen and oxygen atoms in total. The average Bonchev–Trinajstić information content (AvgIpc) is 2.97. The van der Waals surface area contributed by atoms with Gasteiger partial charge in [-0.2, -0.15) is 5.10 Å². The van der Waals surface area contributed by atoms with Gasteiger partial charge in [0.25, 0.3) is 21.8 Å². The van der Waals surface area contributed by atoms with E-state index in [2.05, 4.69) is 15.8 Å². The molecule has 4 aromatic rings. The Labute approximate surface area is 249 Å². The monoisotopic (exact) mass is 604 g/mol. The minimum absolute atomic E-state index is 0.0468. The highest BCUT2D eigenvalue weighted by Crippen LogP contribution is 2.28. The molecule has 0 aliphatic rings. The van der Waals surface area contributed by atoms with Crippen LogP contribution in [0, 0.1) is 13.8 Å². The van der Waals surface area contributed by atoms with E-state index >= 15 is 0 Å². The highest BCUT2D eigenvalue weighted by atomic mass is 35.5. The Balaban J connectivity index is 1.36. The van der Waals surface area contributed by atoms with Gasteiger partial charge in [0.15, 0.2) is 6.61 Å². The van der Waals surface area contributed by atoms with E-state index in [0.29, 0.717) is 33.3 Å². The molecule has 4 aromatic carbocycles. The number of carbonyl (C=O) groups is 2. The van der Waals surface area contributed by atoms with Gasteiger partial charge in [0.05, 0.1) is 16.8 Å². The third kappa shape index (κ3) is 8.18. The summed E-state index contributed by atoms with van der Waals surface area (Å²) >= 11 is 6.07. The zero-order valence-electron chi connectivity index (χ0n) is 23.0. The molecule has 0 spiro atoms. The van der Waals surface area contributed by atoms with Crippen LogP contribution in [0.15, 0.2) is 107 Å². The summed E-state index contributed by atoms with van der Waals surface area (Å²) in [6, 6.07) is 26.8. The number of ether oxygens (including phenoxy) is 1. The number of nitrogens with zero attached hydrogens (tertiary/aromatic N) is 2. The number of anilines is 2. The third-order valence-corrected chi connectivity index (χ3v) is 8.04. The number of hydrazone groups is 1. The van der Waals surface area contributed by atoms with Gasteiger partial charge < -0.3 is 10.1 Å². The van der Waals surface area contributed by atoms with E-state index in [1.165, 1.54) is 18.3 Å². The Hall–Kier alpha value is -4.67. The number of carbonyl (C=O) groups excluding carboxylic acids is 2. The van der Waals surface area contributed by atoms with Crippen molar-refractivity contribution in [3.8, 4) is 5.75 Å². The Morgan fingerprint density at radius 2 is 1.60 bits per heavy atom. The van der Waals surface area contributed by atoms with E-state index in [1.807, 2.05) is 31.2 Å². The first-order chi connectivity index (χ1) is 20.1. The lowest BCUT2D eigenvalue weighted by Gasteiger charge is -2.25. The van der Waals surface area contributed by atoms with E-state index in [0.717, 1.165) is 9.87 Å². The summed E-state index contributed by atoms with van der Waals surface area (Å²) in [6.07, 6.45) is 1.41. The van der Waals surface area contributed by atoms with Crippen LogP contribution in [0.5, 0.6) is 5.75 Å². The first kappa shape index (κ1) is 30.3. The van der Waals surface area contributed by atoms with Crippen molar-refractivity contribution in [2.75, 3.05) is 22.8 Å². The maximum absolute atomic E-state index is 13.5. The van der Waals surface area contributed by atoms with Gasteiger partial charge in [-0.25, -0.2) is 13.8 Å². The van der Waals surface area contributed by atoms with Crippen molar-refractivity contribution in [1.29, 1.82) is 0 Å². The second kappa shape index (κ2) is 13.8. The topological polar surface area (TPSA) is 117 Å². The average molecular weight is 605 g/mol. The molecule has 0 atom stereocenters. The predicted molar refractivity (Wildman–Crippen MR) is 165 cm³/mol.